The Hall–Kier alpha value is -2.44. The van der Waals surface area contributed by atoms with Crippen molar-refractivity contribution in [1.29, 1.82) is 0 Å². The SMILES string of the molecule is O=c1[nH]oc2ccc([N+](=O)[O-])cc2c1=O. The highest BCUT2D eigenvalue weighted by Gasteiger charge is 2.11. The summed E-state index contributed by atoms with van der Waals surface area (Å²) in [6, 6.07) is 3.45. The molecule has 7 heteroatoms. The molecule has 0 fully saturated rings. The maximum Gasteiger partial charge on any atom is 0.325 e. The summed E-state index contributed by atoms with van der Waals surface area (Å²) >= 11 is 0. The molecule has 7 nitrogen and oxygen atoms in total. The van der Waals surface area contributed by atoms with E-state index in [4.69, 9.17) is 4.52 Å². The molecule has 1 aromatic heterocycles. The fourth-order valence-electron chi connectivity index (χ4n) is 1.17. The minimum Gasteiger partial charge on any atom is -0.378 e. The summed E-state index contributed by atoms with van der Waals surface area (Å²) < 4.78 is 4.70. The number of hydrogen-bond donors (Lipinski definition) is 1. The van der Waals surface area contributed by atoms with Crippen molar-refractivity contribution in [3.8, 4) is 0 Å². The number of nitrogens with one attached hydrogen (secondary N) is 1. The van der Waals surface area contributed by atoms with Crippen LogP contribution < -0.4 is 11.0 Å². The molecule has 1 aromatic carbocycles. The van der Waals surface area contributed by atoms with Gasteiger partial charge in [0.05, 0.1) is 10.3 Å². The fourth-order valence-corrected chi connectivity index (χ4v) is 1.17. The first kappa shape index (κ1) is 9.13. The van der Waals surface area contributed by atoms with Crippen LogP contribution >= 0.6 is 0 Å². The number of aromatic amines is 1. The van der Waals surface area contributed by atoms with Crippen LogP contribution in [0, 0.1) is 10.1 Å². The fraction of sp³-hybridized carbons (Fsp3) is 0. The molecular formula is C8H4N2O5. The van der Waals surface area contributed by atoms with E-state index in [1.165, 1.54) is 12.1 Å². The van der Waals surface area contributed by atoms with Crippen molar-refractivity contribution in [2.45, 2.75) is 0 Å². The molecule has 0 aliphatic carbocycles. The quantitative estimate of drug-likeness (QED) is 0.414. The van der Waals surface area contributed by atoms with Crippen LogP contribution in [0.2, 0.25) is 0 Å². The Bertz CT molecular complexity index is 654. The summed E-state index contributed by atoms with van der Waals surface area (Å²) in [6.45, 7) is 0. The summed E-state index contributed by atoms with van der Waals surface area (Å²) in [5.41, 5.74) is -1.95. The Morgan fingerprint density at radius 2 is 2.07 bits per heavy atom. The van der Waals surface area contributed by atoms with Crippen LogP contribution in [-0.2, 0) is 0 Å². The second kappa shape index (κ2) is 3.05. The van der Waals surface area contributed by atoms with Crippen LogP contribution in [0.25, 0.3) is 11.0 Å². The van der Waals surface area contributed by atoms with Crippen LogP contribution in [-0.4, -0.2) is 10.1 Å². The van der Waals surface area contributed by atoms with Crippen LogP contribution in [0.5, 0.6) is 0 Å². The smallest absolute Gasteiger partial charge is 0.325 e. The molecule has 0 aliphatic rings. The van der Waals surface area contributed by atoms with Crippen LogP contribution in [0.1, 0.15) is 0 Å². The lowest BCUT2D eigenvalue weighted by molar-refractivity contribution is -0.384. The van der Waals surface area contributed by atoms with Gasteiger partial charge in [-0.2, -0.15) is 5.16 Å². The lowest BCUT2D eigenvalue weighted by Gasteiger charge is -1.94. The van der Waals surface area contributed by atoms with E-state index in [1.54, 1.807) is 0 Å². The van der Waals surface area contributed by atoms with Gasteiger partial charge in [0.15, 0.2) is 5.58 Å². The van der Waals surface area contributed by atoms with Gasteiger partial charge in [0.2, 0.25) is 0 Å². The van der Waals surface area contributed by atoms with Gasteiger partial charge >= 0.3 is 5.56 Å². The highest BCUT2D eigenvalue weighted by molar-refractivity contribution is 5.78. The first-order valence-electron chi connectivity index (χ1n) is 3.89. The van der Waals surface area contributed by atoms with Crippen molar-refractivity contribution >= 4 is 16.7 Å². The van der Waals surface area contributed by atoms with Crippen molar-refractivity contribution in [2.24, 2.45) is 0 Å². The van der Waals surface area contributed by atoms with E-state index in [9.17, 15) is 19.7 Å². The van der Waals surface area contributed by atoms with E-state index in [-0.39, 0.29) is 16.7 Å². The third-order valence-corrected chi connectivity index (χ3v) is 1.88. The molecule has 0 aliphatic heterocycles. The molecule has 0 saturated heterocycles. The van der Waals surface area contributed by atoms with E-state index >= 15 is 0 Å². The number of nitrogens with zero attached hydrogens (tertiary/aromatic N) is 1. The third-order valence-electron chi connectivity index (χ3n) is 1.88. The number of non-ortho nitro benzene ring substituents is 1. The first-order chi connectivity index (χ1) is 7.09. The molecule has 0 unspecified atom stereocenters. The van der Waals surface area contributed by atoms with Crippen LogP contribution in [0.15, 0.2) is 32.3 Å². The third kappa shape index (κ3) is 1.39. The molecule has 1 N–H and O–H groups in total. The van der Waals surface area contributed by atoms with Gasteiger partial charge in [0.1, 0.15) is 0 Å². The number of nitro benzene ring substituents is 1. The predicted molar refractivity (Wildman–Crippen MR) is 49.8 cm³/mol. The molecule has 0 radical (unpaired) electrons. The van der Waals surface area contributed by atoms with Crippen molar-refractivity contribution in [1.82, 2.24) is 5.16 Å². The Morgan fingerprint density at radius 1 is 1.33 bits per heavy atom. The number of hydrogen-bond acceptors (Lipinski definition) is 5. The summed E-state index contributed by atoms with van der Waals surface area (Å²) in [5.74, 6) is 0. The van der Waals surface area contributed by atoms with Crippen LogP contribution in [0.3, 0.4) is 0 Å². The average Bonchev–Trinajstić information content (AvgIpc) is 2.23. The average molecular weight is 208 g/mol. The normalized spacial score (nSPS) is 10.4. The Morgan fingerprint density at radius 3 is 2.73 bits per heavy atom. The van der Waals surface area contributed by atoms with Crippen molar-refractivity contribution in [2.75, 3.05) is 0 Å². The molecule has 1 heterocycles. The summed E-state index contributed by atoms with van der Waals surface area (Å²) in [6.07, 6.45) is 0. The topological polar surface area (TPSA) is 106 Å². The van der Waals surface area contributed by atoms with E-state index in [1.807, 2.05) is 5.16 Å². The van der Waals surface area contributed by atoms with Gasteiger partial charge in [0.25, 0.3) is 11.1 Å². The van der Waals surface area contributed by atoms with Gasteiger partial charge < -0.3 is 4.52 Å². The van der Waals surface area contributed by atoms with Crippen molar-refractivity contribution in [3.05, 3.63) is 48.9 Å². The first-order valence-corrected chi connectivity index (χ1v) is 3.89. The number of fused-ring (bicyclic) bond motifs is 1. The molecule has 2 aromatic rings. The Labute approximate surface area is 81.1 Å². The lowest BCUT2D eigenvalue weighted by Crippen LogP contribution is -2.25. The maximum absolute atomic E-state index is 11.3. The second-order valence-electron chi connectivity index (χ2n) is 2.80. The van der Waals surface area contributed by atoms with Crippen molar-refractivity contribution in [3.63, 3.8) is 0 Å². The summed E-state index contributed by atoms with van der Waals surface area (Å²) in [5, 5.41) is 12.2. The largest absolute Gasteiger partial charge is 0.378 e. The molecule has 2 rings (SSSR count). The molecule has 15 heavy (non-hydrogen) atoms. The standard InChI is InChI=1S/C8H4N2O5/c11-7-5-3-4(10(13)14)1-2-6(5)15-9-8(7)12/h1-3H,(H,9,12). The van der Waals surface area contributed by atoms with Gasteiger partial charge in [-0.3, -0.25) is 19.7 Å². The minimum atomic E-state index is -0.942. The van der Waals surface area contributed by atoms with E-state index in [0.717, 1.165) is 6.07 Å². The van der Waals surface area contributed by atoms with Gasteiger partial charge in [-0.05, 0) is 6.07 Å². The Balaban J connectivity index is 2.91. The van der Waals surface area contributed by atoms with Gasteiger partial charge in [-0.1, -0.05) is 0 Å². The monoisotopic (exact) mass is 208 g/mol. The van der Waals surface area contributed by atoms with Crippen LogP contribution in [0.4, 0.5) is 5.69 Å². The Kier molecular flexibility index (Phi) is 1.86. The zero-order chi connectivity index (χ0) is 11.0. The maximum atomic E-state index is 11.3. The van der Waals surface area contributed by atoms with Crippen molar-refractivity contribution < 1.29 is 9.45 Å². The second-order valence-corrected chi connectivity index (χ2v) is 2.80. The van der Waals surface area contributed by atoms with E-state index in [0.29, 0.717) is 0 Å². The molecule has 76 valence electrons. The van der Waals surface area contributed by atoms with Gasteiger partial charge in [-0.15, -0.1) is 0 Å². The molecule has 0 saturated carbocycles. The summed E-state index contributed by atoms with van der Waals surface area (Å²) in [7, 11) is 0. The number of nitro groups is 1. The highest BCUT2D eigenvalue weighted by atomic mass is 16.6. The number of rotatable bonds is 1. The molecule has 0 atom stereocenters. The lowest BCUT2D eigenvalue weighted by atomic mass is 10.2. The number of benzene rings is 1. The predicted octanol–water partition coefficient (Wildman–Crippen LogP) is 0.389. The number of aromatic nitrogens is 1. The molecule has 0 spiro atoms. The van der Waals surface area contributed by atoms with Gasteiger partial charge in [-0.25, -0.2) is 0 Å². The van der Waals surface area contributed by atoms with E-state index < -0.39 is 15.9 Å². The zero-order valence-corrected chi connectivity index (χ0v) is 7.22. The van der Waals surface area contributed by atoms with Gasteiger partial charge in [0, 0.05) is 12.1 Å². The summed E-state index contributed by atoms with van der Waals surface area (Å²) in [4.78, 5) is 31.9. The number of H-pyrrole nitrogens is 1. The zero-order valence-electron chi connectivity index (χ0n) is 7.22. The molecule has 0 amide bonds. The molecular weight excluding hydrogens is 204 g/mol. The highest BCUT2D eigenvalue weighted by Crippen LogP contribution is 2.16. The molecule has 0 bridgehead atoms. The van der Waals surface area contributed by atoms with E-state index in [2.05, 4.69) is 0 Å². The minimum absolute atomic E-state index is 0.102.